The molecule has 1 aliphatic heterocycles. The van der Waals surface area contributed by atoms with Gasteiger partial charge in [0.15, 0.2) is 5.78 Å². The highest BCUT2D eigenvalue weighted by atomic mass is 28.3. The Morgan fingerprint density at radius 1 is 1.12 bits per heavy atom. The summed E-state index contributed by atoms with van der Waals surface area (Å²) in [6.07, 6.45) is -0.208. The summed E-state index contributed by atoms with van der Waals surface area (Å²) < 4.78 is 34.5. The molecule has 2 aromatic carbocycles. The quantitative estimate of drug-likeness (QED) is 0.532. The Kier molecular flexibility index (Phi) is 7.99. The van der Waals surface area contributed by atoms with Crippen molar-refractivity contribution in [1.29, 1.82) is 0 Å². The lowest BCUT2D eigenvalue weighted by molar-refractivity contribution is -0.130. The van der Waals surface area contributed by atoms with Crippen molar-refractivity contribution in [2.24, 2.45) is 5.92 Å². The van der Waals surface area contributed by atoms with Gasteiger partial charge in [-0.1, -0.05) is 43.9 Å². The van der Waals surface area contributed by atoms with Crippen molar-refractivity contribution in [3.63, 3.8) is 0 Å². The van der Waals surface area contributed by atoms with E-state index < -0.39 is 43.4 Å². The van der Waals surface area contributed by atoms with Gasteiger partial charge in [-0.3, -0.25) is 14.4 Å². The lowest BCUT2D eigenvalue weighted by atomic mass is 9.95. The molecular formula is C25H30F2N2O4Si. The van der Waals surface area contributed by atoms with Crippen LogP contribution in [0.25, 0.3) is 0 Å². The molecule has 0 aliphatic carbocycles. The number of rotatable bonds is 9. The van der Waals surface area contributed by atoms with Crippen molar-refractivity contribution >= 4 is 30.9 Å². The molecule has 2 amide bonds. The molecule has 1 aliphatic rings. The second kappa shape index (κ2) is 10.6. The molecule has 0 spiro atoms. The van der Waals surface area contributed by atoms with Crippen LogP contribution in [0.4, 0.5) is 8.78 Å². The van der Waals surface area contributed by atoms with Crippen LogP contribution in [0.3, 0.4) is 0 Å². The van der Waals surface area contributed by atoms with Crippen molar-refractivity contribution in [1.82, 2.24) is 10.6 Å². The van der Waals surface area contributed by atoms with E-state index in [9.17, 15) is 23.2 Å². The monoisotopic (exact) mass is 488 g/mol. The fraction of sp³-hybridized carbons (Fsp3) is 0.400. The van der Waals surface area contributed by atoms with E-state index in [1.54, 1.807) is 31.4 Å². The average molecular weight is 489 g/mol. The molecule has 2 N–H and O–H groups in total. The molecule has 2 aromatic rings. The molecule has 9 heteroatoms. The van der Waals surface area contributed by atoms with Gasteiger partial charge >= 0.3 is 0 Å². The van der Waals surface area contributed by atoms with E-state index in [4.69, 9.17) is 4.74 Å². The third-order valence-electron chi connectivity index (χ3n) is 5.81. The van der Waals surface area contributed by atoms with Crippen LogP contribution in [-0.2, 0) is 32.1 Å². The Labute approximate surface area is 199 Å². The topological polar surface area (TPSA) is 84.5 Å². The van der Waals surface area contributed by atoms with Gasteiger partial charge in [0.05, 0.1) is 20.6 Å². The molecule has 1 saturated heterocycles. The van der Waals surface area contributed by atoms with E-state index >= 15 is 0 Å². The number of carbonyl (C=O) groups is 3. The fourth-order valence-corrected chi connectivity index (χ4v) is 5.70. The predicted octanol–water partition coefficient (Wildman–Crippen LogP) is 2.76. The number of hydrogen-bond acceptors (Lipinski definition) is 4. The first-order valence-electron chi connectivity index (χ1n) is 11.2. The SMILES string of the molecule is COCc1ccc([C@@H](NC(=O)[C@@H]2CNC(=O)C2)C(=O)Cc2cc(F)c([Si](C)(C)C)c(F)c2)cc1. The number of carbonyl (C=O) groups excluding carboxylic acids is 3. The summed E-state index contributed by atoms with van der Waals surface area (Å²) in [5.41, 5.74) is 1.63. The van der Waals surface area contributed by atoms with E-state index in [0.717, 1.165) is 5.56 Å². The Bertz CT molecular complexity index is 1060. The van der Waals surface area contributed by atoms with Crippen molar-refractivity contribution in [2.45, 2.75) is 45.1 Å². The molecule has 0 radical (unpaired) electrons. The van der Waals surface area contributed by atoms with Crippen LogP contribution < -0.4 is 15.8 Å². The molecule has 1 fully saturated rings. The van der Waals surface area contributed by atoms with E-state index in [-0.39, 0.29) is 36.0 Å². The number of nitrogens with one attached hydrogen (secondary N) is 2. The summed E-state index contributed by atoms with van der Waals surface area (Å²) in [4.78, 5) is 37.6. The van der Waals surface area contributed by atoms with E-state index in [2.05, 4.69) is 10.6 Å². The van der Waals surface area contributed by atoms with Crippen LogP contribution in [0.2, 0.25) is 19.6 Å². The molecule has 6 nitrogen and oxygen atoms in total. The summed E-state index contributed by atoms with van der Waals surface area (Å²) in [5, 5.41) is 5.44. The number of ketones is 1. The van der Waals surface area contributed by atoms with Gasteiger partial charge in [0, 0.05) is 31.7 Å². The summed E-state index contributed by atoms with van der Waals surface area (Å²) in [6, 6.07) is 8.38. The number of benzene rings is 2. The Hall–Kier alpha value is -2.91. The molecule has 0 bridgehead atoms. The normalized spacial score (nSPS) is 16.8. The van der Waals surface area contributed by atoms with E-state index in [1.165, 1.54) is 12.1 Å². The van der Waals surface area contributed by atoms with Crippen LogP contribution in [-0.4, -0.2) is 39.3 Å². The Morgan fingerprint density at radius 3 is 2.24 bits per heavy atom. The maximum Gasteiger partial charge on any atom is 0.226 e. The van der Waals surface area contributed by atoms with Crippen molar-refractivity contribution in [2.75, 3.05) is 13.7 Å². The number of methoxy groups -OCH3 is 1. The highest BCUT2D eigenvalue weighted by Crippen LogP contribution is 2.21. The molecular weight excluding hydrogens is 458 g/mol. The molecule has 1 heterocycles. The molecule has 0 saturated carbocycles. The van der Waals surface area contributed by atoms with Crippen LogP contribution in [0.5, 0.6) is 0 Å². The van der Waals surface area contributed by atoms with Gasteiger partial charge in [0.1, 0.15) is 17.7 Å². The summed E-state index contributed by atoms with van der Waals surface area (Å²) in [7, 11) is -0.678. The first-order chi connectivity index (χ1) is 16.0. The van der Waals surface area contributed by atoms with Crippen LogP contribution in [0.15, 0.2) is 36.4 Å². The van der Waals surface area contributed by atoms with Crippen LogP contribution in [0, 0.1) is 17.6 Å². The standard InChI is InChI=1S/C25H30F2N2O4Si/c1-33-14-15-5-7-17(8-6-15)23(29-25(32)18-12-22(31)28-13-18)21(30)11-16-9-19(26)24(20(27)10-16)34(2,3)4/h5-10,18,23H,11-14H2,1-4H3,(H,28,31)(H,29,32)/t18-,23+/m0/s1. The smallest absolute Gasteiger partial charge is 0.226 e. The second-order valence-electron chi connectivity index (χ2n) is 9.65. The van der Waals surface area contributed by atoms with E-state index in [1.807, 2.05) is 19.6 Å². The van der Waals surface area contributed by atoms with Gasteiger partial charge in [-0.05, 0) is 28.8 Å². The molecule has 2 atom stereocenters. The molecule has 34 heavy (non-hydrogen) atoms. The number of halogens is 2. The third kappa shape index (κ3) is 6.15. The fourth-order valence-electron chi connectivity index (χ4n) is 4.12. The van der Waals surface area contributed by atoms with Gasteiger partial charge in [0.25, 0.3) is 0 Å². The summed E-state index contributed by atoms with van der Waals surface area (Å²) in [5.74, 6) is -2.94. The van der Waals surface area contributed by atoms with Crippen LogP contribution in [0.1, 0.15) is 29.2 Å². The highest BCUT2D eigenvalue weighted by molar-refractivity contribution is 6.88. The largest absolute Gasteiger partial charge is 0.380 e. The minimum absolute atomic E-state index is 0.0497. The van der Waals surface area contributed by atoms with Gasteiger partial charge in [-0.2, -0.15) is 0 Å². The third-order valence-corrected chi connectivity index (χ3v) is 7.79. The minimum Gasteiger partial charge on any atom is -0.380 e. The first-order valence-corrected chi connectivity index (χ1v) is 14.7. The number of amides is 2. The zero-order valence-corrected chi connectivity index (χ0v) is 20.8. The minimum atomic E-state index is -2.25. The Balaban J connectivity index is 1.87. The van der Waals surface area contributed by atoms with Gasteiger partial charge in [-0.15, -0.1) is 0 Å². The zero-order chi connectivity index (χ0) is 25.0. The lowest BCUT2D eigenvalue weighted by Gasteiger charge is -2.22. The van der Waals surface area contributed by atoms with Crippen LogP contribution >= 0.6 is 0 Å². The number of ether oxygens (including phenoxy) is 1. The predicted molar refractivity (Wildman–Crippen MR) is 127 cm³/mol. The molecule has 3 rings (SSSR count). The van der Waals surface area contributed by atoms with Gasteiger partial charge in [0.2, 0.25) is 11.8 Å². The Morgan fingerprint density at radius 2 is 1.74 bits per heavy atom. The summed E-state index contributed by atoms with van der Waals surface area (Å²) >= 11 is 0. The number of hydrogen-bond donors (Lipinski definition) is 2. The first kappa shape index (κ1) is 25.7. The molecule has 0 aromatic heterocycles. The van der Waals surface area contributed by atoms with Crippen molar-refractivity contribution < 1.29 is 27.9 Å². The average Bonchev–Trinajstić information content (AvgIpc) is 3.17. The van der Waals surface area contributed by atoms with E-state index in [0.29, 0.717) is 12.2 Å². The highest BCUT2D eigenvalue weighted by Gasteiger charge is 2.32. The van der Waals surface area contributed by atoms with Gasteiger partial charge < -0.3 is 15.4 Å². The second-order valence-corrected chi connectivity index (χ2v) is 14.6. The maximum absolute atomic E-state index is 14.7. The zero-order valence-electron chi connectivity index (χ0n) is 19.8. The lowest BCUT2D eigenvalue weighted by Crippen LogP contribution is -2.42. The molecule has 182 valence electrons. The van der Waals surface area contributed by atoms with Gasteiger partial charge in [-0.25, -0.2) is 8.78 Å². The molecule has 0 unspecified atom stereocenters. The number of Topliss-reactive ketones (excluding diaryl/α,β-unsaturated/α-hetero) is 1. The summed E-state index contributed by atoms with van der Waals surface area (Å²) in [6.45, 7) is 6.14. The van der Waals surface area contributed by atoms with Crippen molar-refractivity contribution in [3.8, 4) is 0 Å². The maximum atomic E-state index is 14.7. The van der Waals surface area contributed by atoms with Crippen molar-refractivity contribution in [3.05, 3.63) is 64.7 Å².